The smallest absolute Gasteiger partial charge is 0.374 e. The van der Waals surface area contributed by atoms with Crippen LogP contribution in [-0.4, -0.2) is 58.4 Å². The fourth-order valence-corrected chi connectivity index (χ4v) is 2.39. The van der Waals surface area contributed by atoms with Gasteiger partial charge in [-0.3, -0.25) is 4.99 Å². The molecule has 138 valence electrons. The fourth-order valence-electron chi connectivity index (χ4n) is 2.09. The summed E-state index contributed by atoms with van der Waals surface area (Å²) in [7, 11) is 1.41. The van der Waals surface area contributed by atoms with E-state index in [0.29, 0.717) is 19.0 Å². The average molecular weight is 367 g/mol. The van der Waals surface area contributed by atoms with E-state index in [1.165, 1.54) is 24.0 Å². The van der Waals surface area contributed by atoms with Gasteiger partial charge in [0, 0.05) is 51.2 Å². The van der Waals surface area contributed by atoms with Crippen molar-refractivity contribution in [2.24, 2.45) is 12.0 Å². The minimum atomic E-state index is -4.84. The molecule has 1 aromatic heterocycles. The molecule has 0 aliphatic heterocycles. The number of halogens is 3. The van der Waals surface area contributed by atoms with Gasteiger partial charge in [-0.25, -0.2) is 4.98 Å². The van der Waals surface area contributed by atoms with Crippen LogP contribution in [0.5, 0.6) is 0 Å². The van der Waals surface area contributed by atoms with Gasteiger partial charge in [0.1, 0.15) is 5.82 Å². The Bertz CT molecular complexity index is 535. The monoisotopic (exact) mass is 367 g/mol. The molecule has 0 bridgehead atoms. The van der Waals surface area contributed by atoms with Crippen LogP contribution < -0.4 is 10.6 Å². The number of nitrogens with one attached hydrogen (secondary N) is 2. The second-order valence-corrected chi connectivity index (χ2v) is 6.14. The SMILES string of the molecule is CCNC(=NCCC(O)(c1nccn1C)C(F)(F)F)NCCSC. The normalized spacial score (nSPS) is 15.2. The number of aryl methyl sites for hydroxylation is 1. The van der Waals surface area contributed by atoms with Crippen LogP contribution in [0.3, 0.4) is 0 Å². The molecule has 0 amide bonds. The summed E-state index contributed by atoms with van der Waals surface area (Å²) in [6.45, 7) is 2.91. The molecule has 0 aliphatic carbocycles. The molecule has 3 N–H and O–H groups in total. The highest BCUT2D eigenvalue weighted by Gasteiger charge is 2.57. The highest BCUT2D eigenvalue weighted by Crippen LogP contribution is 2.40. The lowest BCUT2D eigenvalue weighted by molar-refractivity contribution is -0.272. The number of hydrogen-bond donors (Lipinski definition) is 3. The largest absolute Gasteiger partial charge is 0.424 e. The first-order valence-corrected chi connectivity index (χ1v) is 8.93. The summed E-state index contributed by atoms with van der Waals surface area (Å²) in [5, 5.41) is 16.2. The maximum atomic E-state index is 13.4. The van der Waals surface area contributed by atoms with Crippen LogP contribution in [0.15, 0.2) is 17.4 Å². The first-order valence-electron chi connectivity index (χ1n) is 7.54. The van der Waals surface area contributed by atoms with E-state index in [9.17, 15) is 18.3 Å². The Balaban J connectivity index is 2.84. The van der Waals surface area contributed by atoms with Crippen molar-refractivity contribution in [3.63, 3.8) is 0 Å². The molecule has 0 fully saturated rings. The van der Waals surface area contributed by atoms with Crippen LogP contribution in [-0.2, 0) is 12.6 Å². The zero-order chi connectivity index (χ0) is 18.2. The van der Waals surface area contributed by atoms with Crippen LogP contribution >= 0.6 is 11.8 Å². The maximum absolute atomic E-state index is 13.4. The first-order chi connectivity index (χ1) is 11.3. The predicted octanol–water partition coefficient (Wildman–Crippen LogP) is 1.48. The van der Waals surface area contributed by atoms with E-state index in [0.717, 1.165) is 5.75 Å². The zero-order valence-electron chi connectivity index (χ0n) is 14.0. The van der Waals surface area contributed by atoms with Gasteiger partial charge in [-0.1, -0.05) is 0 Å². The zero-order valence-corrected chi connectivity index (χ0v) is 14.8. The second kappa shape index (κ2) is 9.16. The molecule has 1 unspecified atom stereocenters. The third-order valence-electron chi connectivity index (χ3n) is 3.35. The molecular weight excluding hydrogens is 343 g/mol. The molecule has 6 nitrogen and oxygen atoms in total. The van der Waals surface area contributed by atoms with Gasteiger partial charge < -0.3 is 20.3 Å². The van der Waals surface area contributed by atoms with Crippen molar-refractivity contribution in [2.75, 3.05) is 31.6 Å². The highest BCUT2D eigenvalue weighted by molar-refractivity contribution is 7.98. The molecule has 0 spiro atoms. The molecule has 0 saturated carbocycles. The summed E-state index contributed by atoms with van der Waals surface area (Å²) < 4.78 is 41.3. The van der Waals surface area contributed by atoms with Crippen molar-refractivity contribution in [1.29, 1.82) is 0 Å². The summed E-state index contributed by atoms with van der Waals surface area (Å²) in [5.74, 6) is 0.839. The molecule has 1 rings (SSSR count). The van der Waals surface area contributed by atoms with Crippen LogP contribution in [0.4, 0.5) is 13.2 Å². The minimum absolute atomic E-state index is 0.197. The Morgan fingerprint density at radius 3 is 2.62 bits per heavy atom. The van der Waals surface area contributed by atoms with Crippen LogP contribution in [0.2, 0.25) is 0 Å². The molecule has 0 radical (unpaired) electrons. The van der Waals surface area contributed by atoms with E-state index in [1.807, 2.05) is 13.2 Å². The molecular formula is C14H24F3N5OS. The number of thioether (sulfide) groups is 1. The number of hydrogen-bond acceptors (Lipinski definition) is 4. The van der Waals surface area contributed by atoms with Crippen molar-refractivity contribution in [3.8, 4) is 0 Å². The summed E-state index contributed by atoms with van der Waals surface area (Å²) in [4.78, 5) is 7.77. The molecule has 0 aromatic carbocycles. The van der Waals surface area contributed by atoms with E-state index in [4.69, 9.17) is 0 Å². The number of guanidine groups is 1. The number of nitrogens with zero attached hydrogens (tertiary/aromatic N) is 3. The average Bonchev–Trinajstić information content (AvgIpc) is 2.92. The second-order valence-electron chi connectivity index (χ2n) is 5.15. The van der Waals surface area contributed by atoms with Crippen molar-refractivity contribution < 1.29 is 18.3 Å². The summed E-state index contributed by atoms with van der Waals surface area (Å²) >= 11 is 1.65. The van der Waals surface area contributed by atoms with Gasteiger partial charge in [0.15, 0.2) is 5.96 Å². The fraction of sp³-hybridized carbons (Fsp3) is 0.714. The Morgan fingerprint density at radius 2 is 2.12 bits per heavy atom. The summed E-state index contributed by atoms with van der Waals surface area (Å²) in [6, 6.07) is 0. The molecule has 10 heteroatoms. The quantitative estimate of drug-likeness (QED) is 0.369. The van der Waals surface area contributed by atoms with Crippen LogP contribution in [0.25, 0.3) is 0 Å². The Labute approximate surface area is 143 Å². The van der Waals surface area contributed by atoms with Gasteiger partial charge in [0.25, 0.3) is 0 Å². The topological polar surface area (TPSA) is 74.5 Å². The van der Waals surface area contributed by atoms with Gasteiger partial charge in [-0.15, -0.1) is 0 Å². The number of alkyl halides is 3. The van der Waals surface area contributed by atoms with E-state index in [2.05, 4.69) is 20.6 Å². The first kappa shape index (κ1) is 20.6. The molecule has 24 heavy (non-hydrogen) atoms. The predicted molar refractivity (Wildman–Crippen MR) is 90.1 cm³/mol. The molecule has 1 aromatic rings. The van der Waals surface area contributed by atoms with Crippen LogP contribution in [0, 0.1) is 0 Å². The van der Waals surface area contributed by atoms with Crippen molar-refractivity contribution >= 4 is 17.7 Å². The minimum Gasteiger partial charge on any atom is -0.374 e. The number of imidazole rings is 1. The Kier molecular flexibility index (Phi) is 7.88. The lowest BCUT2D eigenvalue weighted by Gasteiger charge is -2.29. The number of aliphatic imine (C=N–C) groups is 1. The van der Waals surface area contributed by atoms with Gasteiger partial charge in [-0.05, 0) is 13.2 Å². The van der Waals surface area contributed by atoms with E-state index in [-0.39, 0.29) is 6.54 Å². The Morgan fingerprint density at radius 1 is 1.42 bits per heavy atom. The lowest BCUT2D eigenvalue weighted by Crippen LogP contribution is -2.45. The number of rotatable bonds is 8. The van der Waals surface area contributed by atoms with Gasteiger partial charge >= 0.3 is 6.18 Å². The van der Waals surface area contributed by atoms with Gasteiger partial charge in [0.2, 0.25) is 5.60 Å². The summed E-state index contributed by atoms with van der Waals surface area (Å²) in [5.41, 5.74) is -3.04. The highest BCUT2D eigenvalue weighted by atomic mass is 32.2. The Hall–Kier alpha value is -1.42. The molecule has 1 heterocycles. The third-order valence-corrected chi connectivity index (χ3v) is 3.96. The molecule has 1 atom stereocenters. The van der Waals surface area contributed by atoms with Crippen LogP contribution in [0.1, 0.15) is 19.2 Å². The lowest BCUT2D eigenvalue weighted by atomic mass is 9.98. The van der Waals surface area contributed by atoms with Gasteiger partial charge in [-0.2, -0.15) is 24.9 Å². The maximum Gasteiger partial charge on any atom is 0.424 e. The van der Waals surface area contributed by atoms with E-state index >= 15 is 0 Å². The molecule has 0 saturated heterocycles. The third kappa shape index (κ3) is 5.30. The van der Waals surface area contributed by atoms with E-state index in [1.54, 1.807) is 11.8 Å². The summed E-state index contributed by atoms with van der Waals surface area (Å²) in [6.07, 6.45) is -0.901. The van der Waals surface area contributed by atoms with Gasteiger partial charge in [0.05, 0.1) is 0 Å². The molecule has 0 aliphatic rings. The standard InChI is InChI=1S/C14H24F3N5OS/c1-4-18-12(21-8-10-24-3)20-6-5-13(23,14(15,16)17)11-19-7-9-22(11)2/h7,9,23H,4-6,8,10H2,1-3H3,(H2,18,20,21). The number of aliphatic hydroxyl groups is 1. The number of aromatic nitrogens is 2. The van der Waals surface area contributed by atoms with Crippen molar-refractivity contribution in [1.82, 2.24) is 20.2 Å². The van der Waals surface area contributed by atoms with Crippen molar-refractivity contribution in [3.05, 3.63) is 18.2 Å². The van der Waals surface area contributed by atoms with Crippen molar-refractivity contribution in [2.45, 2.75) is 25.1 Å². The van der Waals surface area contributed by atoms with E-state index < -0.39 is 24.0 Å².